The number of hydrogen-bond acceptors (Lipinski definition) is 3. The number of nitriles is 3. The van der Waals surface area contributed by atoms with Crippen LogP contribution in [0.4, 0.5) is 26.3 Å². The highest BCUT2D eigenvalue weighted by atomic mass is 19.4. The zero-order valence-corrected chi connectivity index (χ0v) is 33.1. The molecule has 8 aromatic carbocycles. The van der Waals surface area contributed by atoms with Crippen molar-refractivity contribution < 1.29 is 26.3 Å². The Hall–Kier alpha value is -8.59. The van der Waals surface area contributed by atoms with E-state index in [1.807, 2.05) is 78.9 Å². The van der Waals surface area contributed by atoms with Crippen LogP contribution in [-0.4, -0.2) is 9.13 Å². The number of benzene rings is 8. The van der Waals surface area contributed by atoms with Crippen molar-refractivity contribution in [2.75, 3.05) is 0 Å². The van der Waals surface area contributed by atoms with Gasteiger partial charge in [-0.3, -0.25) is 0 Å². The number of hydrogen-bond donors (Lipinski definition) is 0. The Balaban J connectivity index is 1.34. The first-order chi connectivity index (χ1) is 30.9. The summed E-state index contributed by atoms with van der Waals surface area (Å²) in [5.41, 5.74) is 2.87. The molecule has 0 atom stereocenters. The molecule has 0 aliphatic heterocycles. The Labute approximate surface area is 360 Å². The van der Waals surface area contributed by atoms with E-state index in [2.05, 4.69) is 18.2 Å². The van der Waals surface area contributed by atoms with Crippen molar-refractivity contribution in [2.24, 2.45) is 0 Å². The van der Waals surface area contributed by atoms with Gasteiger partial charge in [0.15, 0.2) is 0 Å². The molecule has 11 heteroatoms. The molecule has 2 heterocycles. The molecule has 0 N–H and O–H groups in total. The molecule has 2 aromatic heterocycles. The van der Waals surface area contributed by atoms with Crippen molar-refractivity contribution in [1.82, 2.24) is 9.13 Å². The lowest BCUT2D eigenvalue weighted by Gasteiger charge is -2.22. The molecule has 0 spiro atoms. The maximum atomic E-state index is 15.3. The van der Waals surface area contributed by atoms with Gasteiger partial charge in [-0.2, -0.15) is 42.1 Å². The van der Waals surface area contributed by atoms with Gasteiger partial charge >= 0.3 is 12.4 Å². The van der Waals surface area contributed by atoms with Crippen LogP contribution in [0, 0.1) is 34.0 Å². The van der Waals surface area contributed by atoms with Crippen LogP contribution >= 0.6 is 0 Å². The molecule has 0 radical (unpaired) electrons. The van der Waals surface area contributed by atoms with Crippen molar-refractivity contribution in [3.63, 3.8) is 0 Å². The van der Waals surface area contributed by atoms with Crippen LogP contribution in [0.1, 0.15) is 27.8 Å². The quantitative estimate of drug-likeness (QED) is 0.162. The van der Waals surface area contributed by atoms with Crippen molar-refractivity contribution >= 4 is 43.6 Å². The monoisotopic (exact) mass is 847 g/mol. The second-order valence-corrected chi connectivity index (χ2v) is 15.3. The van der Waals surface area contributed by atoms with Gasteiger partial charge in [0.1, 0.15) is 6.07 Å². The van der Waals surface area contributed by atoms with Gasteiger partial charge in [0.05, 0.1) is 73.4 Å². The van der Waals surface area contributed by atoms with Gasteiger partial charge in [0, 0.05) is 27.1 Å². The summed E-state index contributed by atoms with van der Waals surface area (Å²) >= 11 is 0. The molecule has 306 valence electrons. The number of halogens is 6. The summed E-state index contributed by atoms with van der Waals surface area (Å²) in [7, 11) is 0. The zero-order valence-electron chi connectivity index (χ0n) is 33.1. The molecule has 0 unspecified atom stereocenters. The molecular formula is C53H27F6N5. The van der Waals surface area contributed by atoms with Crippen LogP contribution in [0.5, 0.6) is 0 Å². The van der Waals surface area contributed by atoms with Gasteiger partial charge in [-0.25, -0.2) is 0 Å². The third kappa shape index (κ3) is 6.48. The van der Waals surface area contributed by atoms with Gasteiger partial charge < -0.3 is 9.13 Å². The summed E-state index contributed by atoms with van der Waals surface area (Å²) < 4.78 is 91.9. The highest BCUT2D eigenvalue weighted by Gasteiger charge is 2.39. The fraction of sp³-hybridized carbons (Fsp3) is 0.0377. The molecule has 5 nitrogen and oxygen atoms in total. The topological polar surface area (TPSA) is 81.2 Å². The number of alkyl halides is 6. The maximum Gasteiger partial charge on any atom is 0.417 e. The first kappa shape index (κ1) is 39.5. The Bertz CT molecular complexity index is 3700. The predicted molar refractivity (Wildman–Crippen MR) is 236 cm³/mol. The first-order valence-electron chi connectivity index (χ1n) is 19.8. The summed E-state index contributed by atoms with van der Waals surface area (Å²) in [4.78, 5) is 0. The summed E-state index contributed by atoms with van der Waals surface area (Å²) in [6.07, 6.45) is -10.3. The highest BCUT2D eigenvalue weighted by Crippen LogP contribution is 2.46. The van der Waals surface area contributed by atoms with Crippen LogP contribution in [-0.2, 0) is 12.4 Å². The standard InChI is InChI=1S/C53H27F6N5/c54-52(55,56)38-17-20-39(45(26-38)53(57,58)59)44-27-48(63-46-13-3-1-11-40(46)42-18-15-35(23-49(42)63)33-9-5-7-31(21-33)28-60)37(30-62)25-51(44)64-47-14-4-2-12-41(47)43-19-16-36(24-50(43)64)34-10-6-8-32(22-34)29-61/h1-27H. The second kappa shape index (κ2) is 14.8. The Morgan fingerprint density at radius 2 is 0.875 bits per heavy atom. The average Bonchev–Trinajstić information content (AvgIpc) is 3.82. The molecular weight excluding hydrogens is 821 g/mol. The normalized spacial score (nSPS) is 11.9. The third-order valence-corrected chi connectivity index (χ3v) is 11.7. The highest BCUT2D eigenvalue weighted by molar-refractivity contribution is 6.12. The van der Waals surface area contributed by atoms with Crippen molar-refractivity contribution in [3.8, 4) is 63.0 Å². The van der Waals surface area contributed by atoms with E-state index in [-0.39, 0.29) is 28.6 Å². The molecule has 0 amide bonds. The van der Waals surface area contributed by atoms with E-state index < -0.39 is 29.0 Å². The van der Waals surface area contributed by atoms with Gasteiger partial charge in [-0.1, -0.05) is 91.0 Å². The molecule has 0 saturated heterocycles. The van der Waals surface area contributed by atoms with E-state index in [0.717, 1.165) is 38.7 Å². The zero-order chi connectivity index (χ0) is 44.5. The number of rotatable bonds is 5. The molecule has 10 rings (SSSR count). The largest absolute Gasteiger partial charge is 0.417 e. The van der Waals surface area contributed by atoms with Crippen LogP contribution in [0.3, 0.4) is 0 Å². The lowest BCUT2D eigenvalue weighted by atomic mass is 9.93. The Kier molecular flexibility index (Phi) is 9.14. The van der Waals surface area contributed by atoms with Gasteiger partial charge in [-0.05, 0) is 101 Å². The molecule has 0 bridgehead atoms. The second-order valence-electron chi connectivity index (χ2n) is 15.3. The third-order valence-electron chi connectivity index (χ3n) is 11.7. The molecule has 0 fully saturated rings. The molecule has 0 aliphatic rings. The molecule has 0 saturated carbocycles. The smallest absolute Gasteiger partial charge is 0.309 e. The summed E-state index contributed by atoms with van der Waals surface area (Å²) in [6, 6.07) is 51.1. The molecule has 10 aromatic rings. The fourth-order valence-electron chi connectivity index (χ4n) is 8.80. The SMILES string of the molecule is N#Cc1cccc(-c2ccc3c4ccccc4n(-c4cc(-c5ccc(C(F)(F)F)cc5C(F)(F)F)c(-n5c6ccccc6c6ccc(-c7cccc(C#N)c7)cc65)cc4C#N)c3c2)c1. The number of nitrogens with zero attached hydrogens (tertiary/aromatic N) is 5. The fourth-order valence-corrected chi connectivity index (χ4v) is 8.80. The average molecular weight is 848 g/mol. The van der Waals surface area contributed by atoms with Crippen LogP contribution < -0.4 is 0 Å². The first-order valence-corrected chi connectivity index (χ1v) is 19.8. The maximum absolute atomic E-state index is 15.3. The summed E-state index contributed by atoms with van der Waals surface area (Å²) in [5, 5.41) is 33.4. The number of fused-ring (bicyclic) bond motifs is 6. The summed E-state index contributed by atoms with van der Waals surface area (Å²) in [6.45, 7) is 0. The molecule has 0 aliphatic carbocycles. The van der Waals surface area contributed by atoms with Crippen molar-refractivity contribution in [1.29, 1.82) is 15.8 Å². The van der Waals surface area contributed by atoms with E-state index >= 15 is 13.2 Å². The van der Waals surface area contributed by atoms with E-state index in [9.17, 15) is 29.0 Å². The van der Waals surface area contributed by atoms with Gasteiger partial charge in [-0.15, -0.1) is 0 Å². The van der Waals surface area contributed by atoms with E-state index in [1.54, 1.807) is 63.7 Å². The Morgan fingerprint density at radius 3 is 1.38 bits per heavy atom. The van der Waals surface area contributed by atoms with E-state index in [4.69, 9.17) is 0 Å². The van der Waals surface area contributed by atoms with E-state index in [0.29, 0.717) is 50.4 Å². The summed E-state index contributed by atoms with van der Waals surface area (Å²) in [5.74, 6) is 0. The van der Waals surface area contributed by atoms with Gasteiger partial charge in [0.2, 0.25) is 0 Å². The van der Waals surface area contributed by atoms with E-state index in [1.165, 1.54) is 12.1 Å². The van der Waals surface area contributed by atoms with Crippen LogP contribution in [0.2, 0.25) is 0 Å². The number of para-hydroxylation sites is 2. The Morgan fingerprint density at radius 1 is 0.375 bits per heavy atom. The number of aromatic nitrogens is 2. The molecule has 64 heavy (non-hydrogen) atoms. The van der Waals surface area contributed by atoms with Crippen LogP contribution in [0.25, 0.3) is 88.4 Å². The van der Waals surface area contributed by atoms with Crippen LogP contribution in [0.15, 0.2) is 164 Å². The minimum absolute atomic E-state index is 0.0718. The minimum Gasteiger partial charge on any atom is -0.309 e. The lowest BCUT2D eigenvalue weighted by molar-refractivity contribution is -0.142. The van der Waals surface area contributed by atoms with Gasteiger partial charge in [0.25, 0.3) is 0 Å². The predicted octanol–water partition coefficient (Wildman–Crippen LogP) is 14.5. The lowest BCUT2D eigenvalue weighted by Crippen LogP contribution is -2.13. The van der Waals surface area contributed by atoms with Crippen molar-refractivity contribution in [2.45, 2.75) is 12.4 Å². The van der Waals surface area contributed by atoms with Crippen molar-refractivity contribution in [3.05, 3.63) is 192 Å². The minimum atomic E-state index is -5.23.